The highest BCUT2D eigenvalue weighted by Crippen LogP contribution is 2.43. The molecule has 4 aromatic rings. The molecule has 2 saturated heterocycles. The maximum Gasteiger partial charge on any atom is 0.323 e. The van der Waals surface area contributed by atoms with Crippen LogP contribution in [0.15, 0.2) is 53.7 Å². The maximum atomic E-state index is 14.3. The number of halogens is 1. The van der Waals surface area contributed by atoms with Crippen LogP contribution < -0.4 is 15.3 Å². The summed E-state index contributed by atoms with van der Waals surface area (Å²) in [6, 6.07) is 10.8. The number of anilines is 1. The monoisotopic (exact) mass is 575 g/mol. The lowest BCUT2D eigenvalue weighted by Gasteiger charge is -2.27. The summed E-state index contributed by atoms with van der Waals surface area (Å²) >= 11 is 0. The van der Waals surface area contributed by atoms with Gasteiger partial charge in [0.15, 0.2) is 11.6 Å². The number of fused-ring (bicyclic) bond motifs is 1. The molecule has 0 bridgehead atoms. The second kappa shape index (κ2) is 11.8. The zero-order valence-electron chi connectivity index (χ0n) is 24.1. The van der Waals surface area contributed by atoms with Crippen molar-refractivity contribution in [1.29, 1.82) is 0 Å². The van der Waals surface area contributed by atoms with Crippen molar-refractivity contribution in [3.05, 3.63) is 76.4 Å². The van der Waals surface area contributed by atoms with Crippen LogP contribution in [0.25, 0.3) is 11.0 Å². The summed E-state index contributed by atoms with van der Waals surface area (Å²) in [6.45, 7) is 9.64. The lowest BCUT2D eigenvalue weighted by Crippen LogP contribution is -2.33. The lowest BCUT2D eigenvalue weighted by molar-refractivity contribution is 0.158. The highest BCUT2D eigenvalue weighted by Gasteiger charge is 2.44. The topological polar surface area (TPSA) is 114 Å². The molecule has 1 unspecified atom stereocenters. The van der Waals surface area contributed by atoms with Crippen molar-refractivity contribution < 1.29 is 14.2 Å². The molecule has 3 N–H and O–H groups in total. The van der Waals surface area contributed by atoms with Crippen LogP contribution in [0.4, 0.5) is 10.2 Å². The number of aliphatic hydroxyl groups excluding tert-OH is 1. The molecule has 2 aromatic heterocycles. The summed E-state index contributed by atoms with van der Waals surface area (Å²) in [4.78, 5) is 33.0. The molecule has 2 aliphatic rings. The molecule has 222 valence electrons. The molecule has 42 heavy (non-hydrogen) atoms. The molecule has 1 spiro atoms. The smallest absolute Gasteiger partial charge is 0.323 e. The zero-order chi connectivity index (χ0) is 29.3. The number of nitrogens with one attached hydrogen (secondary N) is 2. The first-order valence-corrected chi connectivity index (χ1v) is 14.6. The summed E-state index contributed by atoms with van der Waals surface area (Å²) in [5.74, 6) is 1.51. The number of ether oxygens (including phenoxy) is 1. The van der Waals surface area contributed by atoms with Gasteiger partial charge in [0.2, 0.25) is 0 Å². The van der Waals surface area contributed by atoms with Crippen LogP contribution in [-0.2, 0) is 13.1 Å². The molecule has 2 fully saturated rings. The number of aliphatic hydroxyl groups is 1. The fourth-order valence-electron chi connectivity index (χ4n) is 6.42. The van der Waals surface area contributed by atoms with Crippen LogP contribution in [-0.4, -0.2) is 80.2 Å². The Bertz CT molecular complexity index is 1600. The minimum absolute atomic E-state index is 0.0253. The third-order valence-corrected chi connectivity index (χ3v) is 8.63. The Morgan fingerprint density at radius 3 is 2.76 bits per heavy atom. The Labute approximate surface area is 244 Å². The SMILES string of the molecule is CC(C)N(CCO)Cc1cc(F)ccc1Oc1cncnc1N1CCC2(CCN(Cc3ccc4[nH]c(=O)[nH]c4c3)C2)C1. The minimum Gasteiger partial charge on any atom is -0.451 e. The van der Waals surface area contributed by atoms with Gasteiger partial charge in [0, 0.05) is 56.3 Å². The van der Waals surface area contributed by atoms with Gasteiger partial charge in [-0.25, -0.2) is 19.2 Å². The van der Waals surface area contributed by atoms with Crippen molar-refractivity contribution >= 4 is 16.9 Å². The Kier molecular flexibility index (Phi) is 7.98. The van der Waals surface area contributed by atoms with E-state index in [-0.39, 0.29) is 29.6 Å². The van der Waals surface area contributed by atoms with Gasteiger partial charge in [-0.15, -0.1) is 0 Å². The second-order valence-electron chi connectivity index (χ2n) is 11.9. The van der Waals surface area contributed by atoms with E-state index >= 15 is 0 Å². The Morgan fingerprint density at radius 1 is 1.10 bits per heavy atom. The molecule has 11 heteroatoms. The molecule has 0 radical (unpaired) electrons. The van der Waals surface area contributed by atoms with Crippen molar-refractivity contribution in [3.8, 4) is 11.5 Å². The van der Waals surface area contributed by atoms with Gasteiger partial charge in [0.25, 0.3) is 0 Å². The molecular weight excluding hydrogens is 537 g/mol. The van der Waals surface area contributed by atoms with E-state index in [1.807, 2.05) is 6.07 Å². The van der Waals surface area contributed by atoms with Crippen LogP contribution in [0.1, 0.15) is 37.8 Å². The number of nitrogens with zero attached hydrogens (tertiary/aromatic N) is 5. The van der Waals surface area contributed by atoms with E-state index in [1.54, 1.807) is 18.6 Å². The van der Waals surface area contributed by atoms with Crippen LogP contribution in [0.5, 0.6) is 11.5 Å². The first-order chi connectivity index (χ1) is 20.3. The Hall–Kier alpha value is -3.80. The number of hydrogen-bond donors (Lipinski definition) is 3. The van der Waals surface area contributed by atoms with E-state index in [1.165, 1.54) is 17.7 Å². The van der Waals surface area contributed by atoms with Crippen LogP contribution in [0.3, 0.4) is 0 Å². The Balaban J connectivity index is 1.15. The fourth-order valence-corrected chi connectivity index (χ4v) is 6.42. The summed E-state index contributed by atoms with van der Waals surface area (Å²) < 4.78 is 20.7. The van der Waals surface area contributed by atoms with Gasteiger partial charge in [-0.2, -0.15) is 0 Å². The average molecular weight is 576 g/mol. The molecular formula is C31H38FN7O3. The first-order valence-electron chi connectivity index (χ1n) is 14.6. The predicted molar refractivity (Wildman–Crippen MR) is 159 cm³/mol. The lowest BCUT2D eigenvalue weighted by atomic mass is 9.86. The second-order valence-corrected chi connectivity index (χ2v) is 11.9. The van der Waals surface area contributed by atoms with E-state index in [9.17, 15) is 14.3 Å². The van der Waals surface area contributed by atoms with Gasteiger partial charge in [-0.1, -0.05) is 6.07 Å². The molecule has 1 atom stereocenters. The summed E-state index contributed by atoms with van der Waals surface area (Å²) in [5.41, 5.74) is 3.53. The van der Waals surface area contributed by atoms with Gasteiger partial charge >= 0.3 is 5.69 Å². The van der Waals surface area contributed by atoms with Gasteiger partial charge in [-0.3, -0.25) is 9.80 Å². The standard InChI is InChI=1S/C31H38FN7O3/c1-21(2)38(11-12-40)17-23-14-24(32)4-6-27(23)42-28-15-33-20-34-29(28)39-10-8-31(19-39)7-9-37(18-31)16-22-3-5-25-26(13-22)36-30(41)35-25/h3-6,13-15,20-21,40H,7-12,16-19H2,1-2H3,(H2,35,36,41). The summed E-state index contributed by atoms with van der Waals surface area (Å²) in [7, 11) is 0. The van der Waals surface area contributed by atoms with Crippen molar-refractivity contribution in [2.75, 3.05) is 44.2 Å². The van der Waals surface area contributed by atoms with Crippen molar-refractivity contribution in [1.82, 2.24) is 29.7 Å². The van der Waals surface area contributed by atoms with Crippen LogP contribution >= 0.6 is 0 Å². The first kappa shape index (κ1) is 28.3. The van der Waals surface area contributed by atoms with Gasteiger partial charge < -0.3 is 24.7 Å². The molecule has 0 saturated carbocycles. The van der Waals surface area contributed by atoms with E-state index in [2.05, 4.69) is 60.6 Å². The van der Waals surface area contributed by atoms with Crippen LogP contribution in [0.2, 0.25) is 0 Å². The number of likely N-dealkylation sites (tertiary alicyclic amines) is 1. The number of H-pyrrole nitrogens is 2. The molecule has 2 aliphatic heterocycles. The van der Waals surface area contributed by atoms with Gasteiger partial charge in [0.05, 0.1) is 23.8 Å². The molecule has 6 rings (SSSR count). The highest BCUT2D eigenvalue weighted by atomic mass is 19.1. The molecule has 0 aliphatic carbocycles. The Morgan fingerprint density at radius 2 is 1.93 bits per heavy atom. The van der Waals surface area contributed by atoms with Gasteiger partial charge in [-0.05, 0) is 69.1 Å². The largest absolute Gasteiger partial charge is 0.451 e. The van der Waals surface area contributed by atoms with Crippen molar-refractivity contribution in [2.45, 2.75) is 45.8 Å². The number of imidazole rings is 1. The highest BCUT2D eigenvalue weighted by molar-refractivity contribution is 5.75. The van der Waals surface area contributed by atoms with E-state index in [0.717, 1.165) is 62.4 Å². The normalized spacial score (nSPS) is 19.2. The fraction of sp³-hybridized carbons (Fsp3) is 0.452. The zero-order valence-corrected chi connectivity index (χ0v) is 24.1. The maximum absolute atomic E-state index is 14.3. The third kappa shape index (κ3) is 6.04. The van der Waals surface area contributed by atoms with Gasteiger partial charge in [0.1, 0.15) is 17.9 Å². The van der Waals surface area contributed by atoms with E-state index in [0.29, 0.717) is 30.2 Å². The number of aromatic nitrogens is 4. The number of benzene rings is 2. The van der Waals surface area contributed by atoms with Crippen LogP contribution in [0, 0.1) is 11.2 Å². The van der Waals surface area contributed by atoms with E-state index < -0.39 is 0 Å². The molecule has 4 heterocycles. The average Bonchev–Trinajstić information content (AvgIpc) is 3.67. The third-order valence-electron chi connectivity index (χ3n) is 8.63. The van der Waals surface area contributed by atoms with E-state index in [4.69, 9.17) is 4.74 Å². The molecule has 10 nitrogen and oxygen atoms in total. The number of hydrogen-bond acceptors (Lipinski definition) is 8. The number of aromatic amines is 2. The molecule has 2 aromatic carbocycles. The molecule has 0 amide bonds. The number of rotatable bonds is 10. The summed E-state index contributed by atoms with van der Waals surface area (Å²) in [6.07, 6.45) is 5.38. The minimum atomic E-state index is -0.330. The van der Waals surface area contributed by atoms with Crippen molar-refractivity contribution in [3.63, 3.8) is 0 Å². The quantitative estimate of drug-likeness (QED) is 0.261. The summed E-state index contributed by atoms with van der Waals surface area (Å²) in [5, 5.41) is 9.51. The predicted octanol–water partition coefficient (Wildman–Crippen LogP) is 3.88. The van der Waals surface area contributed by atoms with Crippen molar-refractivity contribution in [2.24, 2.45) is 5.41 Å².